The first-order chi connectivity index (χ1) is 19.6. The van der Waals surface area contributed by atoms with Crippen molar-refractivity contribution < 1.29 is 28.5 Å². The molecule has 0 aliphatic rings. The molecule has 4 aromatic carbocycles. The molecular weight excluding hydrogens is 508 g/mol. The smallest absolute Gasteiger partial charge is 0.336 e. The Labute approximate surface area is 232 Å². The Bertz CT molecular complexity index is 1450. The zero-order valence-corrected chi connectivity index (χ0v) is 21.9. The van der Waals surface area contributed by atoms with E-state index in [4.69, 9.17) is 18.9 Å². The molecule has 0 saturated carbocycles. The summed E-state index contributed by atoms with van der Waals surface area (Å²) < 4.78 is 22.0. The number of rotatable bonds is 12. The molecule has 1 amide bonds. The van der Waals surface area contributed by atoms with Gasteiger partial charge in [0.25, 0.3) is 5.91 Å². The number of nitrogens with zero attached hydrogens (tertiary/aromatic N) is 1. The minimum atomic E-state index is -0.537. The van der Waals surface area contributed by atoms with Gasteiger partial charge in [-0.05, 0) is 65.2 Å². The number of ether oxygens (including phenoxy) is 4. The van der Waals surface area contributed by atoms with Crippen LogP contribution < -0.4 is 24.4 Å². The van der Waals surface area contributed by atoms with Gasteiger partial charge in [-0.1, -0.05) is 60.7 Å². The summed E-state index contributed by atoms with van der Waals surface area (Å²) in [6.45, 7) is 0.254. The average Bonchev–Trinajstić information content (AvgIpc) is 3.00. The molecule has 0 aliphatic carbocycles. The highest BCUT2D eigenvalue weighted by atomic mass is 16.6. The number of amides is 1. The molecule has 0 radical (unpaired) electrons. The second-order valence-electron chi connectivity index (χ2n) is 8.40. The SMILES string of the molecule is COc1cc(/C=N\NC(=O)COc2ccc(OCc3ccccc3)cc2)ccc1OC(=O)/C=C/c1ccccc1. The lowest BCUT2D eigenvalue weighted by atomic mass is 10.2. The highest BCUT2D eigenvalue weighted by molar-refractivity contribution is 5.89. The first-order valence-electron chi connectivity index (χ1n) is 12.4. The van der Waals surface area contributed by atoms with Crippen molar-refractivity contribution >= 4 is 24.2 Å². The van der Waals surface area contributed by atoms with Gasteiger partial charge in [-0.3, -0.25) is 4.79 Å². The van der Waals surface area contributed by atoms with Crippen molar-refractivity contribution in [2.24, 2.45) is 5.10 Å². The van der Waals surface area contributed by atoms with E-state index in [1.165, 1.54) is 19.4 Å². The number of hydrogen-bond acceptors (Lipinski definition) is 7. The zero-order valence-electron chi connectivity index (χ0n) is 21.9. The Morgan fingerprint density at radius 3 is 2.15 bits per heavy atom. The van der Waals surface area contributed by atoms with Gasteiger partial charge in [-0.25, -0.2) is 10.2 Å². The van der Waals surface area contributed by atoms with Crippen molar-refractivity contribution in [1.29, 1.82) is 0 Å². The summed E-state index contributed by atoms with van der Waals surface area (Å²) >= 11 is 0. The van der Waals surface area contributed by atoms with Crippen LogP contribution in [0.4, 0.5) is 0 Å². The van der Waals surface area contributed by atoms with Gasteiger partial charge < -0.3 is 18.9 Å². The summed E-state index contributed by atoms with van der Waals surface area (Å²) in [5.41, 5.74) is 5.00. The molecule has 0 aromatic heterocycles. The van der Waals surface area contributed by atoms with Gasteiger partial charge in [0.05, 0.1) is 13.3 Å². The molecule has 0 saturated heterocycles. The molecular formula is C32H28N2O6. The third-order valence-corrected chi connectivity index (χ3v) is 5.45. The van der Waals surface area contributed by atoms with E-state index in [1.54, 1.807) is 48.5 Å². The van der Waals surface area contributed by atoms with Crippen LogP contribution in [-0.2, 0) is 16.2 Å². The van der Waals surface area contributed by atoms with Gasteiger partial charge >= 0.3 is 5.97 Å². The van der Waals surface area contributed by atoms with E-state index in [-0.39, 0.29) is 12.4 Å². The molecule has 0 spiro atoms. The van der Waals surface area contributed by atoms with E-state index in [1.807, 2.05) is 60.7 Å². The summed E-state index contributed by atoms with van der Waals surface area (Å²) in [5, 5.41) is 3.95. The van der Waals surface area contributed by atoms with Crippen LogP contribution in [0.15, 0.2) is 114 Å². The molecule has 0 aliphatic heterocycles. The quantitative estimate of drug-likeness (QED) is 0.0854. The third kappa shape index (κ3) is 8.88. The van der Waals surface area contributed by atoms with Crippen LogP contribution in [0.1, 0.15) is 16.7 Å². The highest BCUT2D eigenvalue weighted by Gasteiger charge is 2.09. The maximum Gasteiger partial charge on any atom is 0.336 e. The van der Waals surface area contributed by atoms with Crippen LogP contribution in [0.2, 0.25) is 0 Å². The summed E-state index contributed by atoms with van der Waals surface area (Å²) in [5.74, 6) is 0.867. The van der Waals surface area contributed by atoms with Crippen LogP contribution in [0.5, 0.6) is 23.0 Å². The van der Waals surface area contributed by atoms with Gasteiger partial charge in [-0.15, -0.1) is 0 Å². The van der Waals surface area contributed by atoms with Crippen molar-refractivity contribution in [3.05, 3.63) is 126 Å². The molecule has 0 fully saturated rings. The molecule has 4 aromatic rings. The highest BCUT2D eigenvalue weighted by Crippen LogP contribution is 2.28. The number of hydrogen-bond donors (Lipinski definition) is 1. The predicted octanol–water partition coefficient (Wildman–Crippen LogP) is 5.42. The maximum absolute atomic E-state index is 12.2. The van der Waals surface area contributed by atoms with E-state index >= 15 is 0 Å². The van der Waals surface area contributed by atoms with Crippen LogP contribution in [0.25, 0.3) is 6.08 Å². The van der Waals surface area contributed by atoms with Crippen molar-refractivity contribution in [2.45, 2.75) is 6.61 Å². The van der Waals surface area contributed by atoms with E-state index in [2.05, 4.69) is 10.5 Å². The molecule has 40 heavy (non-hydrogen) atoms. The Morgan fingerprint density at radius 2 is 1.45 bits per heavy atom. The number of carbonyl (C=O) groups is 2. The van der Waals surface area contributed by atoms with E-state index in [0.717, 1.165) is 11.1 Å². The first-order valence-corrected chi connectivity index (χ1v) is 12.4. The number of hydrazone groups is 1. The number of carbonyl (C=O) groups excluding carboxylic acids is 2. The average molecular weight is 537 g/mol. The predicted molar refractivity (Wildman–Crippen MR) is 153 cm³/mol. The monoisotopic (exact) mass is 536 g/mol. The number of methoxy groups -OCH3 is 1. The van der Waals surface area contributed by atoms with Crippen molar-refractivity contribution in [1.82, 2.24) is 5.43 Å². The fourth-order valence-corrected chi connectivity index (χ4v) is 3.45. The molecule has 0 atom stereocenters. The van der Waals surface area contributed by atoms with E-state index in [0.29, 0.717) is 29.4 Å². The van der Waals surface area contributed by atoms with Crippen LogP contribution >= 0.6 is 0 Å². The zero-order chi connectivity index (χ0) is 28.0. The molecule has 8 nitrogen and oxygen atoms in total. The second kappa shape index (κ2) is 14.5. The lowest BCUT2D eigenvalue weighted by Gasteiger charge is -2.09. The Balaban J connectivity index is 1.21. The van der Waals surface area contributed by atoms with Crippen LogP contribution in [0, 0.1) is 0 Å². The largest absolute Gasteiger partial charge is 0.493 e. The van der Waals surface area contributed by atoms with Gasteiger partial charge in [0.1, 0.15) is 18.1 Å². The number of nitrogens with one attached hydrogen (secondary N) is 1. The molecule has 202 valence electrons. The molecule has 8 heteroatoms. The Hall–Kier alpha value is -5.37. The number of benzene rings is 4. The summed E-state index contributed by atoms with van der Waals surface area (Å²) in [6.07, 6.45) is 4.45. The maximum atomic E-state index is 12.2. The minimum absolute atomic E-state index is 0.212. The lowest BCUT2D eigenvalue weighted by molar-refractivity contribution is -0.129. The van der Waals surface area contributed by atoms with E-state index in [9.17, 15) is 9.59 Å². The van der Waals surface area contributed by atoms with Crippen molar-refractivity contribution in [3.8, 4) is 23.0 Å². The second-order valence-corrected chi connectivity index (χ2v) is 8.40. The Morgan fingerprint density at radius 1 is 0.775 bits per heavy atom. The normalized spacial score (nSPS) is 10.8. The molecule has 0 unspecified atom stereocenters. The summed E-state index contributed by atoms with van der Waals surface area (Å²) in [6, 6.07) is 31.2. The fourth-order valence-electron chi connectivity index (χ4n) is 3.45. The van der Waals surface area contributed by atoms with Crippen molar-refractivity contribution in [2.75, 3.05) is 13.7 Å². The standard InChI is InChI=1S/C32H28N2O6/c1-37-30-20-26(12-18-29(30)40-32(36)19-13-24-8-4-2-5-9-24)21-33-34-31(35)23-39-28-16-14-27(15-17-28)38-22-25-10-6-3-7-11-25/h2-21H,22-23H2,1H3,(H,34,35)/b19-13+,33-21-. The lowest BCUT2D eigenvalue weighted by Crippen LogP contribution is -2.24. The van der Waals surface area contributed by atoms with Gasteiger partial charge in [0.15, 0.2) is 18.1 Å². The van der Waals surface area contributed by atoms with Crippen molar-refractivity contribution in [3.63, 3.8) is 0 Å². The molecule has 4 rings (SSSR count). The minimum Gasteiger partial charge on any atom is -0.493 e. The van der Waals surface area contributed by atoms with Gasteiger partial charge in [0, 0.05) is 6.08 Å². The fraction of sp³-hybridized carbons (Fsp3) is 0.0938. The summed E-state index contributed by atoms with van der Waals surface area (Å²) in [7, 11) is 1.47. The van der Waals surface area contributed by atoms with Crippen LogP contribution in [0.3, 0.4) is 0 Å². The first kappa shape index (κ1) is 27.7. The van der Waals surface area contributed by atoms with Crippen LogP contribution in [-0.4, -0.2) is 31.8 Å². The Kier molecular flexibility index (Phi) is 10.1. The number of esters is 1. The summed E-state index contributed by atoms with van der Waals surface area (Å²) in [4.78, 5) is 24.3. The third-order valence-electron chi connectivity index (χ3n) is 5.45. The molecule has 0 heterocycles. The van der Waals surface area contributed by atoms with Gasteiger partial charge in [0.2, 0.25) is 0 Å². The topological polar surface area (TPSA) is 95.5 Å². The van der Waals surface area contributed by atoms with Gasteiger partial charge in [-0.2, -0.15) is 5.10 Å². The molecule has 0 bridgehead atoms. The van der Waals surface area contributed by atoms with E-state index < -0.39 is 11.9 Å². The molecule has 1 N–H and O–H groups in total.